The van der Waals surface area contributed by atoms with E-state index in [4.69, 9.17) is 9.72 Å². The van der Waals surface area contributed by atoms with Gasteiger partial charge in [0.15, 0.2) is 6.10 Å². The molecule has 7 heteroatoms. The van der Waals surface area contributed by atoms with Gasteiger partial charge in [-0.1, -0.05) is 61.9 Å². The third-order valence-corrected chi connectivity index (χ3v) is 6.83. The number of aryl methyl sites for hydroxylation is 1. The lowest BCUT2D eigenvalue weighted by atomic mass is 9.97. The summed E-state index contributed by atoms with van der Waals surface area (Å²) in [6, 6.07) is 18.4. The first kappa shape index (κ1) is 24.6. The van der Waals surface area contributed by atoms with Crippen molar-refractivity contribution in [2.24, 2.45) is 0 Å². The van der Waals surface area contributed by atoms with Crippen molar-refractivity contribution in [1.29, 1.82) is 0 Å². The number of fused-ring (bicyclic) bond motifs is 1. The monoisotopic (exact) mass is 497 g/mol. The number of hydrogen-bond acceptors (Lipinski definition) is 4. The molecule has 190 valence electrons. The number of ether oxygens (including phenoxy) is 1. The minimum Gasteiger partial charge on any atom is -0.478 e. The number of alkyl carbamates (subject to hydrolysis) is 1. The van der Waals surface area contributed by atoms with E-state index >= 15 is 0 Å². The minimum absolute atomic E-state index is 0.240. The second-order valence-corrected chi connectivity index (χ2v) is 9.61. The number of benzene rings is 2. The summed E-state index contributed by atoms with van der Waals surface area (Å²) in [5.41, 5.74) is 6.25. The van der Waals surface area contributed by atoms with E-state index in [0.717, 1.165) is 59.4 Å². The van der Waals surface area contributed by atoms with Crippen molar-refractivity contribution in [3.05, 3.63) is 94.9 Å². The highest BCUT2D eigenvalue weighted by atomic mass is 16.6. The fourth-order valence-electron chi connectivity index (χ4n) is 4.60. The number of carbonyl (C=O) groups is 2. The maximum atomic E-state index is 12.8. The van der Waals surface area contributed by atoms with Crippen LogP contribution in [0.4, 0.5) is 4.79 Å². The Morgan fingerprint density at radius 3 is 2.57 bits per heavy atom. The zero-order valence-electron chi connectivity index (χ0n) is 21.1. The summed E-state index contributed by atoms with van der Waals surface area (Å²) in [4.78, 5) is 29.4. The fraction of sp³-hybridized carbons (Fsp3) is 0.300. The Balaban J connectivity index is 1.54. The Hall–Kier alpha value is -4.13. The number of aromatic carboxylic acids is 1. The van der Waals surface area contributed by atoms with Crippen molar-refractivity contribution >= 4 is 17.7 Å². The second kappa shape index (κ2) is 10.5. The molecule has 1 unspecified atom stereocenters. The fourth-order valence-corrected chi connectivity index (χ4v) is 4.60. The lowest BCUT2D eigenvalue weighted by Crippen LogP contribution is -2.28. The predicted octanol–water partition coefficient (Wildman–Crippen LogP) is 6.50. The number of nitrogens with one attached hydrogen (secondary N) is 1. The lowest BCUT2D eigenvalue weighted by Gasteiger charge is -2.21. The van der Waals surface area contributed by atoms with Gasteiger partial charge < -0.3 is 15.2 Å². The molecule has 0 radical (unpaired) electrons. The first-order valence-electron chi connectivity index (χ1n) is 12.8. The van der Waals surface area contributed by atoms with Gasteiger partial charge in [-0.3, -0.25) is 4.40 Å². The summed E-state index contributed by atoms with van der Waals surface area (Å²) >= 11 is 0. The van der Waals surface area contributed by atoms with Gasteiger partial charge in [0.1, 0.15) is 5.65 Å². The van der Waals surface area contributed by atoms with E-state index in [1.165, 1.54) is 0 Å². The molecule has 0 bridgehead atoms. The van der Waals surface area contributed by atoms with Gasteiger partial charge >= 0.3 is 12.1 Å². The normalized spacial score (nSPS) is 13.9. The smallest absolute Gasteiger partial charge is 0.408 e. The Kier molecular flexibility index (Phi) is 6.95. The Morgan fingerprint density at radius 2 is 1.86 bits per heavy atom. The van der Waals surface area contributed by atoms with Crippen LogP contribution in [-0.2, 0) is 4.74 Å². The number of amides is 1. The van der Waals surface area contributed by atoms with Crippen LogP contribution in [0.3, 0.4) is 0 Å². The maximum Gasteiger partial charge on any atom is 0.408 e. The number of pyridine rings is 1. The number of imidazole rings is 1. The molecule has 1 aliphatic rings. The highest BCUT2D eigenvalue weighted by Crippen LogP contribution is 2.40. The molecule has 4 aromatic rings. The molecule has 0 saturated heterocycles. The first-order valence-corrected chi connectivity index (χ1v) is 12.8. The van der Waals surface area contributed by atoms with Crippen LogP contribution in [0.1, 0.15) is 77.5 Å². The molecule has 1 aliphatic carbocycles. The largest absolute Gasteiger partial charge is 0.478 e. The van der Waals surface area contributed by atoms with E-state index < -0.39 is 18.2 Å². The molecule has 2 heterocycles. The summed E-state index contributed by atoms with van der Waals surface area (Å²) in [7, 11) is 0. The van der Waals surface area contributed by atoms with Crippen LogP contribution in [0.2, 0.25) is 0 Å². The number of carboxylic acid groups (broad SMARTS) is 1. The van der Waals surface area contributed by atoms with Crippen LogP contribution in [0, 0.1) is 6.92 Å². The number of unbranched alkanes of at least 4 members (excludes halogenated alkanes) is 1. The van der Waals surface area contributed by atoms with Crippen molar-refractivity contribution in [2.75, 3.05) is 6.54 Å². The molecular formula is C30H31N3O4. The van der Waals surface area contributed by atoms with Crippen molar-refractivity contribution in [3.63, 3.8) is 0 Å². The van der Waals surface area contributed by atoms with E-state index in [1.54, 1.807) is 18.2 Å². The molecule has 5 rings (SSSR count). The molecule has 1 atom stereocenters. The van der Waals surface area contributed by atoms with Crippen molar-refractivity contribution in [1.82, 2.24) is 14.7 Å². The van der Waals surface area contributed by atoms with Crippen molar-refractivity contribution in [2.45, 2.75) is 51.6 Å². The topological polar surface area (TPSA) is 92.9 Å². The summed E-state index contributed by atoms with van der Waals surface area (Å²) in [5.74, 6) is -0.476. The van der Waals surface area contributed by atoms with Crippen LogP contribution >= 0.6 is 0 Å². The van der Waals surface area contributed by atoms with Crippen LogP contribution in [-0.4, -0.2) is 33.1 Å². The average Bonchev–Trinajstić information content (AvgIpc) is 3.66. The summed E-state index contributed by atoms with van der Waals surface area (Å²) in [6.45, 7) is 4.65. The number of carboxylic acids is 1. The van der Waals surface area contributed by atoms with Gasteiger partial charge in [0.25, 0.3) is 0 Å². The first-order chi connectivity index (χ1) is 18.0. The molecule has 0 aliphatic heterocycles. The summed E-state index contributed by atoms with van der Waals surface area (Å²) in [5, 5.41) is 12.5. The van der Waals surface area contributed by atoms with Crippen LogP contribution in [0.25, 0.3) is 16.8 Å². The zero-order valence-corrected chi connectivity index (χ0v) is 21.1. The molecule has 37 heavy (non-hydrogen) atoms. The molecule has 7 nitrogen and oxygen atoms in total. The predicted molar refractivity (Wildman–Crippen MR) is 142 cm³/mol. The number of nitrogens with zero attached hydrogens (tertiary/aromatic N) is 2. The van der Waals surface area contributed by atoms with Gasteiger partial charge in [-0.05, 0) is 60.6 Å². The quantitative estimate of drug-likeness (QED) is 0.258. The van der Waals surface area contributed by atoms with Gasteiger partial charge in [0, 0.05) is 18.7 Å². The van der Waals surface area contributed by atoms with E-state index in [1.807, 2.05) is 53.8 Å². The van der Waals surface area contributed by atoms with Gasteiger partial charge in [0.05, 0.1) is 17.0 Å². The molecule has 2 aromatic heterocycles. The molecule has 1 fully saturated rings. The van der Waals surface area contributed by atoms with E-state index in [2.05, 4.69) is 18.4 Å². The van der Waals surface area contributed by atoms with E-state index in [9.17, 15) is 14.7 Å². The SMILES string of the molecule is CCCCNC(=O)OC(c1ccc(-c2ccccc2C(=O)O)cc1)c1ccc(C)c2nc(C3CC3)cn12. The third kappa shape index (κ3) is 5.21. The van der Waals surface area contributed by atoms with Crippen LogP contribution < -0.4 is 5.32 Å². The molecular weight excluding hydrogens is 466 g/mol. The number of aromatic nitrogens is 2. The second-order valence-electron chi connectivity index (χ2n) is 9.61. The van der Waals surface area contributed by atoms with Gasteiger partial charge in [-0.25, -0.2) is 14.6 Å². The van der Waals surface area contributed by atoms with Crippen LogP contribution in [0.15, 0.2) is 66.9 Å². The van der Waals surface area contributed by atoms with Gasteiger partial charge in [0.2, 0.25) is 0 Å². The Bertz CT molecular complexity index is 1440. The lowest BCUT2D eigenvalue weighted by molar-refractivity contribution is 0.0697. The van der Waals surface area contributed by atoms with E-state index in [-0.39, 0.29) is 5.56 Å². The van der Waals surface area contributed by atoms with Crippen molar-refractivity contribution < 1.29 is 19.4 Å². The molecule has 2 aromatic carbocycles. The minimum atomic E-state index is -0.974. The average molecular weight is 498 g/mol. The van der Waals surface area contributed by atoms with Crippen LogP contribution in [0.5, 0.6) is 0 Å². The molecule has 1 amide bonds. The third-order valence-electron chi connectivity index (χ3n) is 6.83. The molecule has 2 N–H and O–H groups in total. The summed E-state index contributed by atoms with van der Waals surface area (Å²) in [6.07, 6.45) is 5.07. The summed E-state index contributed by atoms with van der Waals surface area (Å²) < 4.78 is 8.06. The maximum absolute atomic E-state index is 12.8. The van der Waals surface area contributed by atoms with Gasteiger partial charge in [-0.15, -0.1) is 0 Å². The number of hydrogen-bond donors (Lipinski definition) is 2. The van der Waals surface area contributed by atoms with E-state index in [0.29, 0.717) is 18.0 Å². The highest BCUT2D eigenvalue weighted by molar-refractivity contribution is 5.96. The standard InChI is InChI=1S/C30H31N3O4/c1-3-4-17-31-30(36)37-27(26-16-9-19(2)28-32-25(18-33(26)28)21-12-13-21)22-14-10-20(11-15-22)23-7-5-6-8-24(23)29(34)35/h5-11,14-16,18,21,27H,3-4,12-13,17H2,1-2H3,(H,31,36)(H,34,35). The molecule has 0 spiro atoms. The Morgan fingerprint density at radius 1 is 1.11 bits per heavy atom. The van der Waals surface area contributed by atoms with Crippen molar-refractivity contribution in [3.8, 4) is 11.1 Å². The number of carbonyl (C=O) groups excluding carboxylic acids is 1. The number of rotatable bonds is 9. The zero-order chi connectivity index (χ0) is 25.9. The van der Waals surface area contributed by atoms with Gasteiger partial charge in [-0.2, -0.15) is 0 Å². The Labute approximate surface area is 216 Å². The highest BCUT2D eigenvalue weighted by Gasteiger charge is 2.29. The molecule has 1 saturated carbocycles.